The molecule has 1 atom stereocenters. The van der Waals surface area contributed by atoms with Crippen LogP contribution in [0.25, 0.3) is 0 Å². The molecule has 6 nitrogen and oxygen atoms in total. The molecule has 2 heterocycles. The number of hydrogen-bond acceptors (Lipinski definition) is 3. The van der Waals surface area contributed by atoms with E-state index in [9.17, 15) is 9.59 Å². The van der Waals surface area contributed by atoms with Gasteiger partial charge < -0.3 is 9.80 Å². The standard InChI is InChI=1S/C25H27ClN4O2/c1-28(15-20-14-27-30(17-20)16-19-6-3-2-4-7-19)24(31)22-8-5-13-29(18-22)25(32)21-9-11-23(26)12-10-21/h2-4,6-7,9-12,14,17,22H,5,8,13,15-16,18H2,1H3/t22-/m1/s1. The number of rotatable bonds is 6. The number of amides is 2. The molecule has 0 spiro atoms. The molecular formula is C25H27ClN4O2. The molecule has 0 radical (unpaired) electrons. The van der Waals surface area contributed by atoms with Crippen molar-refractivity contribution in [1.29, 1.82) is 0 Å². The molecule has 1 saturated heterocycles. The van der Waals surface area contributed by atoms with Crippen LogP contribution in [0.4, 0.5) is 0 Å². The number of halogens is 1. The number of likely N-dealkylation sites (tertiary alicyclic amines) is 1. The van der Waals surface area contributed by atoms with Gasteiger partial charge in [0.1, 0.15) is 0 Å². The fourth-order valence-electron chi connectivity index (χ4n) is 4.15. The van der Waals surface area contributed by atoms with E-state index in [-0.39, 0.29) is 17.7 Å². The van der Waals surface area contributed by atoms with Crippen LogP contribution in [0.3, 0.4) is 0 Å². The smallest absolute Gasteiger partial charge is 0.253 e. The van der Waals surface area contributed by atoms with E-state index in [1.54, 1.807) is 34.1 Å². The van der Waals surface area contributed by atoms with Gasteiger partial charge in [0.05, 0.1) is 18.7 Å². The van der Waals surface area contributed by atoms with E-state index in [1.165, 1.54) is 5.56 Å². The molecule has 166 valence electrons. The van der Waals surface area contributed by atoms with E-state index in [4.69, 9.17) is 11.6 Å². The zero-order chi connectivity index (χ0) is 22.5. The Balaban J connectivity index is 1.34. The third-order valence-electron chi connectivity index (χ3n) is 5.82. The molecule has 2 amide bonds. The first kappa shape index (κ1) is 22.1. The van der Waals surface area contributed by atoms with Crippen molar-refractivity contribution in [2.24, 2.45) is 5.92 Å². The van der Waals surface area contributed by atoms with Crippen molar-refractivity contribution in [2.45, 2.75) is 25.9 Å². The SMILES string of the molecule is CN(Cc1cnn(Cc2ccccc2)c1)C(=O)[C@@H]1CCCN(C(=O)c2ccc(Cl)cc2)C1. The molecule has 1 fully saturated rings. The lowest BCUT2D eigenvalue weighted by molar-refractivity contribution is -0.136. The van der Waals surface area contributed by atoms with E-state index >= 15 is 0 Å². The van der Waals surface area contributed by atoms with Crippen LogP contribution in [0.2, 0.25) is 5.02 Å². The third-order valence-corrected chi connectivity index (χ3v) is 6.07. The van der Waals surface area contributed by atoms with E-state index in [2.05, 4.69) is 17.2 Å². The second-order valence-corrected chi connectivity index (χ2v) is 8.76. The molecular weight excluding hydrogens is 424 g/mol. The Hall–Kier alpha value is -3.12. The summed E-state index contributed by atoms with van der Waals surface area (Å²) in [6.45, 7) is 2.30. The summed E-state index contributed by atoms with van der Waals surface area (Å²) in [7, 11) is 1.82. The van der Waals surface area contributed by atoms with Crippen LogP contribution in [-0.2, 0) is 17.9 Å². The minimum absolute atomic E-state index is 0.0518. The first-order valence-corrected chi connectivity index (χ1v) is 11.2. The third kappa shape index (κ3) is 5.37. The molecule has 7 heteroatoms. The van der Waals surface area contributed by atoms with Crippen molar-refractivity contribution in [3.63, 3.8) is 0 Å². The number of piperidine rings is 1. The second kappa shape index (κ2) is 10.0. The van der Waals surface area contributed by atoms with Gasteiger partial charge in [-0.2, -0.15) is 5.10 Å². The number of benzene rings is 2. The predicted octanol–water partition coefficient (Wildman–Crippen LogP) is 4.10. The molecule has 0 N–H and O–H groups in total. The van der Waals surface area contributed by atoms with Crippen LogP contribution in [0.15, 0.2) is 67.0 Å². The number of carbonyl (C=O) groups excluding carboxylic acids is 2. The molecule has 4 rings (SSSR count). The van der Waals surface area contributed by atoms with Gasteiger partial charge in [-0.15, -0.1) is 0 Å². The maximum atomic E-state index is 13.1. The van der Waals surface area contributed by atoms with E-state index in [0.29, 0.717) is 36.8 Å². The lowest BCUT2D eigenvalue weighted by Gasteiger charge is -2.34. The summed E-state index contributed by atoms with van der Waals surface area (Å²) in [5, 5.41) is 5.03. The van der Waals surface area contributed by atoms with Crippen LogP contribution in [0.5, 0.6) is 0 Å². The normalized spacial score (nSPS) is 16.1. The topological polar surface area (TPSA) is 58.4 Å². The summed E-state index contributed by atoms with van der Waals surface area (Å²) in [5.41, 5.74) is 2.77. The van der Waals surface area contributed by atoms with Crippen LogP contribution >= 0.6 is 11.6 Å². The van der Waals surface area contributed by atoms with Crippen LogP contribution in [0, 0.1) is 5.92 Å². The molecule has 2 aromatic carbocycles. The quantitative estimate of drug-likeness (QED) is 0.568. The van der Waals surface area contributed by atoms with E-state index in [0.717, 1.165) is 18.4 Å². The van der Waals surface area contributed by atoms with Crippen molar-refractivity contribution >= 4 is 23.4 Å². The summed E-state index contributed by atoms with van der Waals surface area (Å²) in [6.07, 6.45) is 5.40. The van der Waals surface area contributed by atoms with Crippen molar-refractivity contribution in [3.8, 4) is 0 Å². The molecule has 1 aliphatic heterocycles. The highest BCUT2D eigenvalue weighted by atomic mass is 35.5. The van der Waals surface area contributed by atoms with Gasteiger partial charge in [0.15, 0.2) is 0 Å². The van der Waals surface area contributed by atoms with Crippen LogP contribution < -0.4 is 0 Å². The van der Waals surface area contributed by atoms with Crippen molar-refractivity contribution in [2.75, 3.05) is 20.1 Å². The zero-order valence-electron chi connectivity index (χ0n) is 18.2. The van der Waals surface area contributed by atoms with Gasteiger partial charge in [-0.1, -0.05) is 41.9 Å². The van der Waals surface area contributed by atoms with E-state index < -0.39 is 0 Å². The van der Waals surface area contributed by atoms with Gasteiger partial charge in [0.2, 0.25) is 5.91 Å². The van der Waals surface area contributed by atoms with Gasteiger partial charge in [-0.05, 0) is 42.7 Å². The minimum atomic E-state index is -0.190. The Bertz CT molecular complexity index is 1070. The number of hydrogen-bond donors (Lipinski definition) is 0. The fourth-order valence-corrected chi connectivity index (χ4v) is 4.27. The molecule has 0 bridgehead atoms. The van der Waals surface area contributed by atoms with Crippen LogP contribution in [0.1, 0.15) is 34.3 Å². The minimum Gasteiger partial charge on any atom is -0.341 e. The number of carbonyl (C=O) groups is 2. The molecule has 1 aromatic heterocycles. The molecule has 32 heavy (non-hydrogen) atoms. The summed E-state index contributed by atoms with van der Waals surface area (Å²) in [4.78, 5) is 29.5. The first-order valence-electron chi connectivity index (χ1n) is 10.8. The van der Waals surface area contributed by atoms with Gasteiger partial charge in [-0.3, -0.25) is 14.3 Å². The summed E-state index contributed by atoms with van der Waals surface area (Å²) in [5.74, 6) is -0.178. The first-order chi connectivity index (χ1) is 15.5. The Morgan fingerprint density at radius 3 is 2.59 bits per heavy atom. The molecule has 1 aliphatic rings. The van der Waals surface area contributed by atoms with Crippen molar-refractivity contribution in [3.05, 3.63) is 88.7 Å². The zero-order valence-corrected chi connectivity index (χ0v) is 18.9. The maximum Gasteiger partial charge on any atom is 0.253 e. The Morgan fingerprint density at radius 2 is 1.84 bits per heavy atom. The molecule has 3 aromatic rings. The Kier molecular flexibility index (Phi) is 6.90. The van der Waals surface area contributed by atoms with Gasteiger partial charge in [-0.25, -0.2) is 0 Å². The number of aromatic nitrogens is 2. The lowest BCUT2D eigenvalue weighted by Crippen LogP contribution is -2.45. The summed E-state index contributed by atoms with van der Waals surface area (Å²) >= 11 is 5.93. The van der Waals surface area contributed by atoms with Crippen molar-refractivity contribution < 1.29 is 9.59 Å². The molecule has 0 unspecified atom stereocenters. The molecule has 0 saturated carbocycles. The second-order valence-electron chi connectivity index (χ2n) is 8.32. The highest BCUT2D eigenvalue weighted by Gasteiger charge is 2.30. The van der Waals surface area contributed by atoms with Crippen molar-refractivity contribution in [1.82, 2.24) is 19.6 Å². The van der Waals surface area contributed by atoms with Gasteiger partial charge in [0, 0.05) is 49.0 Å². The summed E-state index contributed by atoms with van der Waals surface area (Å²) < 4.78 is 1.89. The predicted molar refractivity (Wildman–Crippen MR) is 124 cm³/mol. The number of nitrogens with zero attached hydrogens (tertiary/aromatic N) is 4. The van der Waals surface area contributed by atoms with Gasteiger partial charge in [0.25, 0.3) is 5.91 Å². The van der Waals surface area contributed by atoms with Gasteiger partial charge >= 0.3 is 0 Å². The average molecular weight is 451 g/mol. The largest absolute Gasteiger partial charge is 0.341 e. The Morgan fingerprint density at radius 1 is 1.09 bits per heavy atom. The summed E-state index contributed by atoms with van der Waals surface area (Å²) in [6, 6.07) is 17.0. The lowest BCUT2D eigenvalue weighted by atomic mass is 9.96. The molecule has 0 aliphatic carbocycles. The van der Waals surface area contributed by atoms with E-state index in [1.807, 2.05) is 42.3 Å². The highest BCUT2D eigenvalue weighted by Crippen LogP contribution is 2.22. The average Bonchev–Trinajstić information content (AvgIpc) is 3.25. The fraction of sp³-hybridized carbons (Fsp3) is 0.320. The highest BCUT2D eigenvalue weighted by molar-refractivity contribution is 6.30. The maximum absolute atomic E-state index is 13.1. The van der Waals surface area contributed by atoms with Crippen LogP contribution in [-0.4, -0.2) is 51.5 Å². The Labute approximate surface area is 193 Å². The monoisotopic (exact) mass is 450 g/mol.